The van der Waals surface area contributed by atoms with Crippen LogP contribution in [-0.2, 0) is 4.74 Å². The molecular formula is C13H18N2O2. The third-order valence-electron chi connectivity index (χ3n) is 3.06. The molecule has 1 aliphatic heterocycles. The molecule has 0 saturated carbocycles. The second kappa shape index (κ2) is 5.19. The summed E-state index contributed by atoms with van der Waals surface area (Å²) >= 11 is 0. The molecule has 0 unspecified atom stereocenters. The Morgan fingerprint density at radius 1 is 1.59 bits per heavy atom. The molecule has 0 spiro atoms. The fourth-order valence-corrected chi connectivity index (χ4v) is 1.90. The van der Waals surface area contributed by atoms with Gasteiger partial charge in [-0.1, -0.05) is 6.07 Å². The topological polar surface area (TPSA) is 64.3 Å². The van der Waals surface area contributed by atoms with Crippen LogP contribution in [0.2, 0.25) is 0 Å². The summed E-state index contributed by atoms with van der Waals surface area (Å²) in [6.45, 7) is 3.30. The third-order valence-corrected chi connectivity index (χ3v) is 3.06. The van der Waals surface area contributed by atoms with Crippen molar-refractivity contribution in [2.24, 2.45) is 0 Å². The molecule has 0 aliphatic carbocycles. The molecule has 0 radical (unpaired) electrons. The van der Waals surface area contributed by atoms with Crippen molar-refractivity contribution in [2.75, 3.05) is 18.9 Å². The Labute approximate surface area is 101 Å². The molecule has 3 N–H and O–H groups in total. The Morgan fingerprint density at radius 3 is 3.06 bits per heavy atom. The van der Waals surface area contributed by atoms with Gasteiger partial charge in [0.25, 0.3) is 5.91 Å². The highest BCUT2D eigenvalue weighted by Crippen LogP contribution is 2.14. The molecule has 1 atom stereocenters. The number of amides is 1. The number of nitrogens with one attached hydrogen (secondary N) is 1. The molecule has 1 aromatic carbocycles. The van der Waals surface area contributed by atoms with Crippen LogP contribution in [0, 0.1) is 6.92 Å². The van der Waals surface area contributed by atoms with E-state index >= 15 is 0 Å². The van der Waals surface area contributed by atoms with Gasteiger partial charge in [0.2, 0.25) is 0 Å². The number of hydrogen-bond acceptors (Lipinski definition) is 3. The first kappa shape index (κ1) is 11.9. The van der Waals surface area contributed by atoms with E-state index in [0.29, 0.717) is 17.8 Å². The van der Waals surface area contributed by atoms with Gasteiger partial charge in [0.1, 0.15) is 0 Å². The van der Waals surface area contributed by atoms with Crippen molar-refractivity contribution in [1.82, 2.24) is 5.32 Å². The first-order chi connectivity index (χ1) is 8.16. The smallest absolute Gasteiger partial charge is 0.251 e. The van der Waals surface area contributed by atoms with Crippen LogP contribution in [0.15, 0.2) is 18.2 Å². The molecule has 92 valence electrons. The molecule has 1 saturated heterocycles. The molecule has 0 aromatic heterocycles. The molecule has 4 nitrogen and oxygen atoms in total. The van der Waals surface area contributed by atoms with Crippen LogP contribution in [0.1, 0.15) is 28.8 Å². The minimum Gasteiger partial charge on any atom is -0.398 e. The summed E-state index contributed by atoms with van der Waals surface area (Å²) < 4.78 is 5.44. The summed E-state index contributed by atoms with van der Waals surface area (Å²) in [6, 6.07) is 5.35. The van der Waals surface area contributed by atoms with E-state index in [1.54, 1.807) is 12.1 Å². The second-order valence-corrected chi connectivity index (χ2v) is 4.42. The lowest BCUT2D eigenvalue weighted by atomic mass is 10.1. The van der Waals surface area contributed by atoms with Crippen LogP contribution in [0.3, 0.4) is 0 Å². The van der Waals surface area contributed by atoms with E-state index < -0.39 is 0 Å². The second-order valence-electron chi connectivity index (χ2n) is 4.42. The number of nitrogens with two attached hydrogens (primary N) is 1. The minimum absolute atomic E-state index is 0.0906. The molecule has 17 heavy (non-hydrogen) atoms. The maximum absolute atomic E-state index is 11.8. The van der Waals surface area contributed by atoms with Crippen LogP contribution < -0.4 is 11.1 Å². The van der Waals surface area contributed by atoms with E-state index in [1.165, 1.54) is 0 Å². The average molecular weight is 234 g/mol. The molecule has 1 fully saturated rings. The van der Waals surface area contributed by atoms with Crippen LogP contribution in [0.4, 0.5) is 5.69 Å². The van der Waals surface area contributed by atoms with Crippen molar-refractivity contribution in [3.63, 3.8) is 0 Å². The molecule has 1 aliphatic rings. The lowest BCUT2D eigenvalue weighted by Crippen LogP contribution is -2.31. The maximum Gasteiger partial charge on any atom is 0.251 e. The number of carbonyl (C=O) groups is 1. The highest BCUT2D eigenvalue weighted by Gasteiger charge is 2.16. The highest BCUT2D eigenvalue weighted by molar-refractivity contribution is 5.95. The number of rotatable bonds is 3. The number of carbonyl (C=O) groups excluding carboxylic acids is 1. The van der Waals surface area contributed by atoms with E-state index in [4.69, 9.17) is 10.5 Å². The zero-order valence-electron chi connectivity index (χ0n) is 10.0. The van der Waals surface area contributed by atoms with E-state index in [1.807, 2.05) is 13.0 Å². The Hall–Kier alpha value is -1.55. The van der Waals surface area contributed by atoms with Gasteiger partial charge >= 0.3 is 0 Å². The van der Waals surface area contributed by atoms with Gasteiger partial charge in [-0.05, 0) is 37.5 Å². The summed E-state index contributed by atoms with van der Waals surface area (Å²) in [5.74, 6) is -0.0906. The molecular weight excluding hydrogens is 216 g/mol. The molecule has 0 bridgehead atoms. The maximum atomic E-state index is 11.8. The molecule has 1 heterocycles. The lowest BCUT2D eigenvalue weighted by Gasteiger charge is -2.11. The predicted molar refractivity (Wildman–Crippen MR) is 66.9 cm³/mol. The van der Waals surface area contributed by atoms with Gasteiger partial charge in [0, 0.05) is 24.4 Å². The van der Waals surface area contributed by atoms with Crippen LogP contribution in [0.5, 0.6) is 0 Å². The monoisotopic (exact) mass is 234 g/mol. The average Bonchev–Trinajstić information content (AvgIpc) is 2.82. The number of hydrogen-bond donors (Lipinski definition) is 2. The first-order valence-electron chi connectivity index (χ1n) is 5.93. The summed E-state index contributed by atoms with van der Waals surface area (Å²) in [7, 11) is 0. The standard InChI is InChI=1S/C13H18N2O2/c1-9-4-5-10(7-12(9)14)13(16)15-8-11-3-2-6-17-11/h4-5,7,11H,2-3,6,8,14H2,1H3,(H,15,16)/t11-/m0/s1. The highest BCUT2D eigenvalue weighted by atomic mass is 16.5. The predicted octanol–water partition coefficient (Wildman–Crippen LogP) is 1.49. The zero-order chi connectivity index (χ0) is 12.3. The SMILES string of the molecule is Cc1ccc(C(=O)NC[C@@H]2CCCO2)cc1N. The Morgan fingerprint density at radius 2 is 2.41 bits per heavy atom. The van der Waals surface area contributed by atoms with Gasteiger partial charge in [-0.3, -0.25) is 4.79 Å². The van der Waals surface area contributed by atoms with Crippen LogP contribution in [-0.4, -0.2) is 25.2 Å². The van der Waals surface area contributed by atoms with Gasteiger partial charge in [-0.25, -0.2) is 0 Å². The number of ether oxygens (including phenoxy) is 1. The molecule has 4 heteroatoms. The van der Waals surface area contributed by atoms with Gasteiger partial charge in [-0.2, -0.15) is 0 Å². The van der Waals surface area contributed by atoms with Gasteiger partial charge in [0.15, 0.2) is 0 Å². The molecule has 1 aromatic rings. The molecule has 1 amide bonds. The minimum atomic E-state index is -0.0906. The van der Waals surface area contributed by atoms with E-state index in [9.17, 15) is 4.79 Å². The fraction of sp³-hybridized carbons (Fsp3) is 0.462. The Bertz CT molecular complexity index is 412. The number of nitrogen functional groups attached to an aromatic ring is 1. The first-order valence-corrected chi connectivity index (χ1v) is 5.93. The largest absolute Gasteiger partial charge is 0.398 e. The van der Waals surface area contributed by atoms with E-state index in [-0.39, 0.29) is 12.0 Å². The van der Waals surface area contributed by atoms with Crippen LogP contribution in [0.25, 0.3) is 0 Å². The Kier molecular flexibility index (Phi) is 3.64. The van der Waals surface area contributed by atoms with Crippen molar-refractivity contribution in [1.29, 1.82) is 0 Å². The third kappa shape index (κ3) is 2.97. The van der Waals surface area contributed by atoms with Crippen LogP contribution >= 0.6 is 0 Å². The normalized spacial score (nSPS) is 19.2. The molecule has 2 rings (SSSR count). The number of aryl methyl sites for hydroxylation is 1. The summed E-state index contributed by atoms with van der Waals surface area (Å²) in [4.78, 5) is 11.8. The number of benzene rings is 1. The zero-order valence-corrected chi connectivity index (χ0v) is 10.0. The van der Waals surface area contributed by atoms with Gasteiger partial charge < -0.3 is 15.8 Å². The quantitative estimate of drug-likeness (QED) is 0.779. The van der Waals surface area contributed by atoms with Crippen molar-refractivity contribution < 1.29 is 9.53 Å². The van der Waals surface area contributed by atoms with Gasteiger partial charge in [0.05, 0.1) is 6.10 Å². The van der Waals surface area contributed by atoms with Crippen molar-refractivity contribution >= 4 is 11.6 Å². The number of anilines is 1. The van der Waals surface area contributed by atoms with Crippen molar-refractivity contribution in [2.45, 2.75) is 25.9 Å². The van der Waals surface area contributed by atoms with Gasteiger partial charge in [-0.15, -0.1) is 0 Å². The summed E-state index contributed by atoms with van der Waals surface area (Å²) in [6.07, 6.45) is 2.27. The van der Waals surface area contributed by atoms with Crippen molar-refractivity contribution in [3.05, 3.63) is 29.3 Å². The van der Waals surface area contributed by atoms with E-state index in [0.717, 1.165) is 25.0 Å². The summed E-state index contributed by atoms with van der Waals surface area (Å²) in [5.41, 5.74) is 8.01. The summed E-state index contributed by atoms with van der Waals surface area (Å²) in [5, 5.41) is 2.87. The lowest BCUT2D eigenvalue weighted by molar-refractivity contribution is 0.0858. The Balaban J connectivity index is 1.92. The van der Waals surface area contributed by atoms with E-state index in [2.05, 4.69) is 5.32 Å². The fourth-order valence-electron chi connectivity index (χ4n) is 1.90. The van der Waals surface area contributed by atoms with Crippen molar-refractivity contribution in [3.8, 4) is 0 Å².